The first-order valence-electron chi connectivity index (χ1n) is 10.8. The minimum Gasteiger partial charge on any atom is -0.375 e. The van der Waals surface area contributed by atoms with Gasteiger partial charge in [0.05, 0.1) is 18.8 Å². The molecule has 4 rings (SSSR count). The van der Waals surface area contributed by atoms with Crippen LogP contribution in [0.15, 0.2) is 42.5 Å². The minimum absolute atomic E-state index is 0.0251. The first-order chi connectivity index (χ1) is 15.2. The van der Waals surface area contributed by atoms with E-state index in [-0.39, 0.29) is 5.92 Å². The van der Waals surface area contributed by atoms with Gasteiger partial charge in [-0.3, -0.25) is 5.41 Å². The molecule has 8 heteroatoms. The van der Waals surface area contributed by atoms with E-state index in [2.05, 4.69) is 0 Å². The molecule has 2 saturated heterocycles. The van der Waals surface area contributed by atoms with E-state index in [1.54, 1.807) is 0 Å². The van der Waals surface area contributed by atoms with E-state index in [1.165, 1.54) is 6.07 Å². The summed E-state index contributed by atoms with van der Waals surface area (Å²) in [6.45, 7) is 4.77. The zero-order valence-corrected chi connectivity index (χ0v) is 17.8. The Morgan fingerprint density at radius 1 is 1.12 bits per heavy atom. The number of hydrogen-bond donors (Lipinski definition) is 1. The molecule has 2 aromatic rings. The highest BCUT2D eigenvalue weighted by Gasteiger charge is 2.41. The van der Waals surface area contributed by atoms with Gasteiger partial charge in [-0.1, -0.05) is 30.3 Å². The van der Waals surface area contributed by atoms with Gasteiger partial charge in [-0.15, -0.1) is 0 Å². The van der Waals surface area contributed by atoms with E-state index in [9.17, 15) is 17.6 Å². The van der Waals surface area contributed by atoms with Crippen molar-refractivity contribution in [3.8, 4) is 0 Å². The van der Waals surface area contributed by atoms with Gasteiger partial charge in [0.1, 0.15) is 17.3 Å². The van der Waals surface area contributed by atoms with Crippen molar-refractivity contribution in [1.82, 2.24) is 4.90 Å². The third kappa shape index (κ3) is 4.38. The molecule has 1 N–H and O–H groups in total. The summed E-state index contributed by atoms with van der Waals surface area (Å²) in [5.74, 6) is -0.848. The van der Waals surface area contributed by atoms with Gasteiger partial charge in [0, 0.05) is 25.3 Å². The summed E-state index contributed by atoms with van der Waals surface area (Å²) in [4.78, 5) is 1.96. The number of benzene rings is 2. The van der Waals surface area contributed by atoms with Crippen LogP contribution in [0.2, 0.25) is 0 Å². The second kappa shape index (κ2) is 8.83. The highest BCUT2D eigenvalue weighted by Crippen LogP contribution is 2.36. The number of hydrogen-bond acceptors (Lipinski definition) is 3. The second-order valence-corrected chi connectivity index (χ2v) is 8.34. The number of amidine groups is 1. The SMILES string of the molecule is CCOC1(c2ccc(C(=N)N3CCC(c4ccc(C(F)(F)F)c(F)c4)CC3)cc2)COC1. The van der Waals surface area contributed by atoms with Gasteiger partial charge in [0.2, 0.25) is 0 Å². The quantitative estimate of drug-likeness (QED) is 0.381. The van der Waals surface area contributed by atoms with Crippen LogP contribution in [0.5, 0.6) is 0 Å². The molecular formula is C24H26F4N2O2. The van der Waals surface area contributed by atoms with Crippen LogP contribution in [-0.2, 0) is 21.3 Å². The number of halogens is 4. The van der Waals surface area contributed by atoms with Crippen LogP contribution in [0.25, 0.3) is 0 Å². The monoisotopic (exact) mass is 450 g/mol. The van der Waals surface area contributed by atoms with Crippen molar-refractivity contribution < 1.29 is 27.0 Å². The Morgan fingerprint density at radius 3 is 2.28 bits per heavy atom. The van der Waals surface area contributed by atoms with Crippen LogP contribution < -0.4 is 0 Å². The zero-order chi connectivity index (χ0) is 22.9. The summed E-state index contributed by atoms with van der Waals surface area (Å²) >= 11 is 0. The molecule has 0 amide bonds. The molecular weight excluding hydrogens is 424 g/mol. The molecule has 2 heterocycles. The lowest BCUT2D eigenvalue weighted by atomic mass is 9.88. The van der Waals surface area contributed by atoms with Crippen molar-refractivity contribution >= 4 is 5.84 Å². The molecule has 0 atom stereocenters. The van der Waals surface area contributed by atoms with Crippen LogP contribution in [0, 0.1) is 11.2 Å². The Hall–Kier alpha value is -2.45. The van der Waals surface area contributed by atoms with Crippen molar-refractivity contribution in [2.24, 2.45) is 0 Å². The predicted octanol–water partition coefficient (Wildman–Crippen LogP) is 5.31. The van der Waals surface area contributed by atoms with Crippen LogP contribution in [0.3, 0.4) is 0 Å². The van der Waals surface area contributed by atoms with Crippen LogP contribution in [-0.4, -0.2) is 43.6 Å². The number of nitrogens with one attached hydrogen (secondary N) is 1. The van der Waals surface area contributed by atoms with E-state index < -0.39 is 23.2 Å². The summed E-state index contributed by atoms with van der Waals surface area (Å²) in [7, 11) is 0. The van der Waals surface area contributed by atoms with Crippen molar-refractivity contribution in [3.05, 3.63) is 70.5 Å². The van der Waals surface area contributed by atoms with Crippen molar-refractivity contribution in [3.63, 3.8) is 0 Å². The molecule has 0 aromatic heterocycles. The highest BCUT2D eigenvalue weighted by molar-refractivity contribution is 5.96. The zero-order valence-electron chi connectivity index (χ0n) is 17.8. The molecule has 172 valence electrons. The van der Waals surface area contributed by atoms with Gasteiger partial charge >= 0.3 is 6.18 Å². The molecule has 2 fully saturated rings. The third-order valence-electron chi connectivity index (χ3n) is 6.36. The molecule has 32 heavy (non-hydrogen) atoms. The van der Waals surface area contributed by atoms with Crippen molar-refractivity contribution in [1.29, 1.82) is 5.41 Å². The van der Waals surface area contributed by atoms with Gasteiger partial charge in [-0.2, -0.15) is 13.2 Å². The number of likely N-dealkylation sites (tertiary alicyclic amines) is 1. The fraction of sp³-hybridized carbons (Fsp3) is 0.458. The standard InChI is InChI=1S/C24H26F4N2O2/c1-2-32-23(14-31-15-23)19-6-3-17(4-7-19)22(29)30-11-9-16(10-12-30)18-5-8-20(21(25)13-18)24(26,27)28/h3-8,13,16,29H,2,9-12,14-15H2,1H3. The van der Waals surface area contributed by atoms with Gasteiger partial charge in [-0.25, -0.2) is 4.39 Å². The largest absolute Gasteiger partial charge is 0.419 e. The molecule has 0 spiro atoms. The minimum atomic E-state index is -4.69. The van der Waals surface area contributed by atoms with Gasteiger partial charge in [-0.05, 0) is 48.9 Å². The van der Waals surface area contributed by atoms with E-state index in [0.717, 1.165) is 23.3 Å². The van der Waals surface area contributed by atoms with E-state index in [0.29, 0.717) is 57.2 Å². The smallest absolute Gasteiger partial charge is 0.375 e. The maximum atomic E-state index is 13.9. The Labute approximate surface area is 184 Å². The fourth-order valence-electron chi connectivity index (χ4n) is 4.46. The summed E-state index contributed by atoms with van der Waals surface area (Å²) < 4.78 is 63.5. The Kier molecular flexibility index (Phi) is 6.27. The summed E-state index contributed by atoms with van der Waals surface area (Å²) in [6.07, 6.45) is -3.39. The van der Waals surface area contributed by atoms with E-state index >= 15 is 0 Å². The molecule has 0 unspecified atom stereocenters. The molecule has 0 aliphatic carbocycles. The number of rotatable bonds is 5. The summed E-state index contributed by atoms with van der Waals surface area (Å²) in [6, 6.07) is 11.0. The molecule has 2 aliphatic heterocycles. The average molecular weight is 450 g/mol. The highest BCUT2D eigenvalue weighted by atomic mass is 19.4. The lowest BCUT2D eigenvalue weighted by Crippen LogP contribution is -2.49. The summed E-state index contributed by atoms with van der Waals surface area (Å²) in [5.41, 5.74) is 0.772. The first kappa shape index (κ1) is 22.7. The topological polar surface area (TPSA) is 45.5 Å². The Bertz CT molecular complexity index is 963. The Morgan fingerprint density at radius 2 is 1.78 bits per heavy atom. The van der Waals surface area contributed by atoms with Crippen molar-refractivity contribution in [2.75, 3.05) is 32.9 Å². The van der Waals surface area contributed by atoms with Gasteiger partial charge in [0.25, 0.3) is 0 Å². The van der Waals surface area contributed by atoms with E-state index in [1.807, 2.05) is 36.1 Å². The number of nitrogens with zero attached hydrogens (tertiary/aromatic N) is 1. The number of alkyl halides is 3. The first-order valence-corrected chi connectivity index (χ1v) is 10.8. The van der Waals surface area contributed by atoms with Crippen LogP contribution in [0.1, 0.15) is 47.9 Å². The fourth-order valence-corrected chi connectivity index (χ4v) is 4.46. The van der Waals surface area contributed by atoms with E-state index in [4.69, 9.17) is 14.9 Å². The van der Waals surface area contributed by atoms with Gasteiger partial charge in [0.15, 0.2) is 0 Å². The molecule has 2 aliphatic rings. The number of ether oxygens (including phenoxy) is 2. The van der Waals surface area contributed by atoms with Crippen LogP contribution in [0.4, 0.5) is 17.6 Å². The third-order valence-corrected chi connectivity index (χ3v) is 6.36. The molecule has 0 bridgehead atoms. The Balaban J connectivity index is 1.38. The maximum Gasteiger partial charge on any atom is 0.419 e. The van der Waals surface area contributed by atoms with Gasteiger partial charge < -0.3 is 14.4 Å². The molecule has 0 radical (unpaired) electrons. The lowest BCUT2D eigenvalue weighted by molar-refractivity contribution is -0.214. The molecule has 2 aromatic carbocycles. The van der Waals surface area contributed by atoms with Crippen LogP contribution >= 0.6 is 0 Å². The maximum absolute atomic E-state index is 13.9. The predicted molar refractivity (Wildman–Crippen MR) is 112 cm³/mol. The van der Waals surface area contributed by atoms with Crippen molar-refractivity contribution in [2.45, 2.75) is 37.5 Å². The second-order valence-electron chi connectivity index (χ2n) is 8.34. The normalized spacial score (nSPS) is 19.0. The number of piperidine rings is 1. The summed E-state index contributed by atoms with van der Waals surface area (Å²) in [5, 5.41) is 8.58. The molecule has 0 saturated carbocycles. The average Bonchev–Trinajstić information content (AvgIpc) is 2.75. The molecule has 4 nitrogen and oxygen atoms in total. The lowest BCUT2D eigenvalue weighted by Gasteiger charge is -2.41.